The smallest absolute Gasteiger partial charge is 0.0669 e. The monoisotopic (exact) mass is 339 g/mol. The highest BCUT2D eigenvalue weighted by Crippen LogP contribution is 2.41. The van der Waals surface area contributed by atoms with E-state index in [0.29, 0.717) is 6.42 Å². The second-order valence-corrected chi connectivity index (χ2v) is 8.33. The Morgan fingerprint density at radius 2 is 1.68 bits per heavy atom. The van der Waals surface area contributed by atoms with Crippen LogP contribution in [0.1, 0.15) is 95.6 Å². The van der Waals surface area contributed by atoms with Gasteiger partial charge in [-0.3, -0.25) is 0 Å². The molecule has 0 spiro atoms. The van der Waals surface area contributed by atoms with Gasteiger partial charge in [0.2, 0.25) is 0 Å². The van der Waals surface area contributed by atoms with Crippen LogP contribution in [0.2, 0.25) is 0 Å². The van der Waals surface area contributed by atoms with Crippen molar-refractivity contribution in [1.29, 1.82) is 5.26 Å². The van der Waals surface area contributed by atoms with Crippen molar-refractivity contribution >= 4 is 0 Å². The Morgan fingerprint density at radius 3 is 2.24 bits per heavy atom. The van der Waals surface area contributed by atoms with Crippen LogP contribution >= 0.6 is 0 Å². The summed E-state index contributed by atoms with van der Waals surface area (Å²) in [4.78, 5) is 0. The third-order valence-electron chi connectivity index (χ3n) is 6.51. The van der Waals surface area contributed by atoms with Crippen LogP contribution in [0.25, 0.3) is 0 Å². The van der Waals surface area contributed by atoms with E-state index in [1.165, 1.54) is 63.4 Å². The Balaban J connectivity index is 1.82. The maximum Gasteiger partial charge on any atom is 0.0669 e. The van der Waals surface area contributed by atoms with E-state index in [2.05, 4.69) is 51.1 Å². The molecule has 25 heavy (non-hydrogen) atoms. The maximum atomic E-state index is 8.80. The van der Waals surface area contributed by atoms with Gasteiger partial charge in [0.1, 0.15) is 0 Å². The first kappa shape index (κ1) is 20.0. The molecule has 1 aliphatic carbocycles. The lowest BCUT2D eigenvalue weighted by atomic mass is 9.71. The third-order valence-corrected chi connectivity index (χ3v) is 6.51. The van der Waals surface area contributed by atoms with Gasteiger partial charge in [-0.2, -0.15) is 5.26 Å². The molecule has 0 aliphatic heterocycles. The van der Waals surface area contributed by atoms with Gasteiger partial charge in [0.05, 0.1) is 12.5 Å². The normalized spacial score (nSPS) is 23.0. The van der Waals surface area contributed by atoms with Crippen LogP contribution in [0, 0.1) is 29.1 Å². The molecule has 1 saturated carbocycles. The van der Waals surface area contributed by atoms with Crippen LogP contribution in [-0.2, 0) is 6.42 Å². The highest BCUT2D eigenvalue weighted by atomic mass is 14.3. The van der Waals surface area contributed by atoms with Gasteiger partial charge in [0, 0.05) is 0 Å². The molecule has 2 rings (SSSR count). The quantitative estimate of drug-likeness (QED) is 0.464. The molecule has 0 bridgehead atoms. The van der Waals surface area contributed by atoms with Crippen LogP contribution in [0.4, 0.5) is 0 Å². The number of hydrogen-bond acceptors (Lipinski definition) is 1. The number of nitriles is 1. The number of rotatable bonds is 9. The maximum absolute atomic E-state index is 8.80. The molecule has 0 radical (unpaired) electrons. The zero-order chi connectivity index (χ0) is 18.1. The summed E-state index contributed by atoms with van der Waals surface area (Å²) in [5.41, 5.74) is 2.64. The van der Waals surface area contributed by atoms with Crippen molar-refractivity contribution in [1.82, 2.24) is 0 Å². The van der Waals surface area contributed by atoms with E-state index in [-0.39, 0.29) is 0 Å². The lowest BCUT2D eigenvalue weighted by Crippen LogP contribution is -2.21. The van der Waals surface area contributed by atoms with E-state index in [1.54, 1.807) is 0 Å². The fourth-order valence-corrected chi connectivity index (χ4v) is 4.83. The SMILES string of the molecule is CCCC(C)CCC(CC)C1CCC(c2ccc(CC#N)cc2)CC1. The molecule has 0 aromatic heterocycles. The van der Waals surface area contributed by atoms with Crippen molar-refractivity contribution in [3.63, 3.8) is 0 Å². The summed E-state index contributed by atoms with van der Waals surface area (Å²) < 4.78 is 0. The van der Waals surface area contributed by atoms with Gasteiger partial charge in [-0.15, -0.1) is 0 Å². The Bertz CT molecular complexity index is 516. The highest BCUT2D eigenvalue weighted by Gasteiger charge is 2.27. The molecule has 1 aromatic carbocycles. The Labute approximate surface area is 155 Å². The van der Waals surface area contributed by atoms with Crippen LogP contribution in [0.15, 0.2) is 24.3 Å². The molecule has 2 atom stereocenters. The van der Waals surface area contributed by atoms with Gasteiger partial charge in [-0.05, 0) is 66.9 Å². The molecule has 138 valence electrons. The summed E-state index contributed by atoms with van der Waals surface area (Å²) in [6.07, 6.45) is 13.0. The van der Waals surface area contributed by atoms with Crippen LogP contribution in [0.5, 0.6) is 0 Å². The minimum Gasteiger partial charge on any atom is -0.198 e. The first-order valence-electron chi connectivity index (χ1n) is 10.6. The molecule has 1 aliphatic rings. The van der Waals surface area contributed by atoms with Gasteiger partial charge < -0.3 is 0 Å². The molecule has 1 nitrogen and oxygen atoms in total. The molecule has 1 aromatic rings. The number of hydrogen-bond donors (Lipinski definition) is 0. The predicted octanol–water partition coefficient (Wildman–Crippen LogP) is 7.27. The van der Waals surface area contributed by atoms with Crippen LogP contribution in [0.3, 0.4) is 0 Å². The summed E-state index contributed by atoms with van der Waals surface area (Å²) >= 11 is 0. The van der Waals surface area contributed by atoms with Crippen molar-refractivity contribution in [3.05, 3.63) is 35.4 Å². The average molecular weight is 340 g/mol. The Morgan fingerprint density at radius 1 is 1.00 bits per heavy atom. The summed E-state index contributed by atoms with van der Waals surface area (Å²) in [7, 11) is 0. The van der Waals surface area contributed by atoms with Gasteiger partial charge in [-0.25, -0.2) is 0 Å². The number of benzene rings is 1. The fraction of sp³-hybridized carbons (Fsp3) is 0.708. The zero-order valence-electron chi connectivity index (χ0n) is 16.6. The van der Waals surface area contributed by atoms with E-state index >= 15 is 0 Å². The molecular formula is C24H37N. The van der Waals surface area contributed by atoms with E-state index in [9.17, 15) is 0 Å². The summed E-state index contributed by atoms with van der Waals surface area (Å²) in [6.45, 7) is 7.14. The summed E-state index contributed by atoms with van der Waals surface area (Å²) in [5, 5.41) is 8.80. The van der Waals surface area contributed by atoms with Gasteiger partial charge in [0.25, 0.3) is 0 Å². The van der Waals surface area contributed by atoms with Gasteiger partial charge in [-0.1, -0.05) is 70.7 Å². The van der Waals surface area contributed by atoms with Crippen LogP contribution < -0.4 is 0 Å². The molecular weight excluding hydrogens is 302 g/mol. The Hall–Kier alpha value is -1.29. The minimum absolute atomic E-state index is 0.529. The molecule has 0 heterocycles. The Kier molecular flexibility index (Phi) is 8.53. The molecule has 0 saturated heterocycles. The summed E-state index contributed by atoms with van der Waals surface area (Å²) in [6, 6.07) is 11.1. The summed E-state index contributed by atoms with van der Waals surface area (Å²) in [5.74, 6) is 3.54. The van der Waals surface area contributed by atoms with Crippen molar-refractivity contribution < 1.29 is 0 Å². The van der Waals surface area contributed by atoms with Crippen molar-refractivity contribution in [2.75, 3.05) is 0 Å². The topological polar surface area (TPSA) is 23.8 Å². The second-order valence-electron chi connectivity index (χ2n) is 8.33. The third kappa shape index (κ3) is 6.18. The molecule has 1 fully saturated rings. The first-order valence-corrected chi connectivity index (χ1v) is 10.6. The van der Waals surface area contributed by atoms with Crippen molar-refractivity contribution in [3.8, 4) is 6.07 Å². The van der Waals surface area contributed by atoms with Crippen LogP contribution in [-0.4, -0.2) is 0 Å². The lowest BCUT2D eigenvalue weighted by Gasteiger charge is -2.34. The van der Waals surface area contributed by atoms with E-state index < -0.39 is 0 Å². The molecule has 2 unspecified atom stereocenters. The molecule has 0 amide bonds. The van der Waals surface area contributed by atoms with Gasteiger partial charge in [0.15, 0.2) is 0 Å². The second kappa shape index (κ2) is 10.6. The van der Waals surface area contributed by atoms with Crippen molar-refractivity contribution in [2.24, 2.45) is 17.8 Å². The van der Waals surface area contributed by atoms with Crippen molar-refractivity contribution in [2.45, 2.75) is 90.9 Å². The van der Waals surface area contributed by atoms with E-state index in [4.69, 9.17) is 5.26 Å². The first-order chi connectivity index (χ1) is 12.2. The average Bonchev–Trinajstić information content (AvgIpc) is 2.64. The molecule has 0 N–H and O–H groups in total. The fourth-order valence-electron chi connectivity index (χ4n) is 4.83. The van der Waals surface area contributed by atoms with E-state index in [1.807, 2.05) is 0 Å². The lowest BCUT2D eigenvalue weighted by molar-refractivity contribution is 0.205. The number of nitrogens with zero attached hydrogens (tertiary/aromatic N) is 1. The zero-order valence-corrected chi connectivity index (χ0v) is 16.6. The highest BCUT2D eigenvalue weighted by molar-refractivity contribution is 5.27. The molecule has 1 heteroatoms. The standard InChI is InChI=1S/C24H37N/c1-4-6-19(3)7-10-21(5-2)22-13-15-24(16-14-22)23-11-8-20(9-12-23)17-18-25/h8-9,11-12,19,21-22,24H,4-7,10,13-17H2,1-3H3. The predicted molar refractivity (Wildman–Crippen MR) is 108 cm³/mol. The largest absolute Gasteiger partial charge is 0.198 e. The van der Waals surface area contributed by atoms with E-state index in [0.717, 1.165) is 29.2 Å². The van der Waals surface area contributed by atoms with Gasteiger partial charge >= 0.3 is 0 Å². The minimum atomic E-state index is 0.529.